The molecule has 196 valence electrons. The molecule has 1 atom stereocenters. The molecule has 1 fully saturated rings. The van der Waals surface area contributed by atoms with Gasteiger partial charge in [0.1, 0.15) is 5.76 Å². The predicted molar refractivity (Wildman–Crippen MR) is 152 cm³/mol. The first kappa shape index (κ1) is 25.9. The Morgan fingerprint density at radius 3 is 2.18 bits per heavy atom. The molecule has 1 aliphatic heterocycles. The molecule has 0 aromatic heterocycles. The van der Waals surface area contributed by atoms with Crippen LogP contribution in [0.1, 0.15) is 53.9 Å². The largest absolute Gasteiger partial charge is 0.507 e. The van der Waals surface area contributed by atoms with Crippen LogP contribution in [0, 0.1) is 0 Å². The lowest BCUT2D eigenvalue weighted by atomic mass is 9.85. The normalized spacial score (nSPS) is 17.0. The van der Waals surface area contributed by atoms with Gasteiger partial charge in [0.05, 0.1) is 24.3 Å². The van der Waals surface area contributed by atoms with Gasteiger partial charge >= 0.3 is 5.97 Å². The maximum absolute atomic E-state index is 13.6. The Balaban J connectivity index is 1.71. The quantitative estimate of drug-likeness (QED) is 0.143. The van der Waals surface area contributed by atoms with Crippen LogP contribution in [0.25, 0.3) is 16.5 Å². The number of ketones is 1. The molecule has 1 unspecified atom stereocenters. The summed E-state index contributed by atoms with van der Waals surface area (Å²) in [5, 5.41) is 13.4. The maximum atomic E-state index is 13.6. The number of carbonyl (C=O) groups excluding carboxylic acids is 3. The lowest BCUT2D eigenvalue weighted by Gasteiger charge is -2.27. The number of aliphatic hydroxyl groups excluding tert-OH is 1. The number of methoxy groups -OCH3 is 1. The molecule has 1 saturated heterocycles. The van der Waals surface area contributed by atoms with Gasteiger partial charge in [0, 0.05) is 11.3 Å². The van der Waals surface area contributed by atoms with E-state index in [0.29, 0.717) is 16.8 Å². The van der Waals surface area contributed by atoms with E-state index >= 15 is 0 Å². The molecule has 39 heavy (non-hydrogen) atoms. The zero-order valence-corrected chi connectivity index (χ0v) is 22.3. The van der Waals surface area contributed by atoms with Crippen LogP contribution in [-0.4, -0.2) is 29.9 Å². The Hall–Kier alpha value is -4.71. The van der Waals surface area contributed by atoms with Crippen LogP contribution in [0.15, 0.2) is 96.6 Å². The van der Waals surface area contributed by atoms with E-state index in [-0.39, 0.29) is 22.3 Å². The van der Waals surface area contributed by atoms with Crippen molar-refractivity contribution < 1.29 is 24.2 Å². The third-order valence-electron chi connectivity index (χ3n) is 7.11. The van der Waals surface area contributed by atoms with E-state index in [1.807, 2.05) is 54.6 Å². The third kappa shape index (κ3) is 4.70. The topological polar surface area (TPSA) is 83.9 Å². The minimum absolute atomic E-state index is 0.0118. The Morgan fingerprint density at radius 1 is 0.821 bits per heavy atom. The first-order chi connectivity index (χ1) is 18.6. The molecule has 0 radical (unpaired) electrons. The standard InChI is InChI=1S/C33H29NO5/c1-33(2,3)25-16-14-21(15-17-25)28-27(29(35)23-13-12-20-8-5-6-9-22(20)18-23)30(36)31(37)34(28)26-11-7-10-24(19-26)32(38)39-4/h5-19,28,35H,1-4H3/b29-27-. The van der Waals surface area contributed by atoms with Crippen LogP contribution >= 0.6 is 0 Å². The van der Waals surface area contributed by atoms with Gasteiger partial charge < -0.3 is 9.84 Å². The molecule has 0 spiro atoms. The van der Waals surface area contributed by atoms with Crippen molar-refractivity contribution >= 4 is 39.9 Å². The molecule has 1 aliphatic rings. The highest BCUT2D eigenvalue weighted by Crippen LogP contribution is 2.43. The maximum Gasteiger partial charge on any atom is 0.337 e. The van der Waals surface area contributed by atoms with Crippen LogP contribution < -0.4 is 4.90 Å². The number of ether oxygens (including phenoxy) is 1. The fourth-order valence-electron chi connectivity index (χ4n) is 4.97. The summed E-state index contributed by atoms with van der Waals surface area (Å²) in [6.07, 6.45) is 0. The van der Waals surface area contributed by atoms with Gasteiger partial charge in [0.2, 0.25) is 0 Å². The van der Waals surface area contributed by atoms with E-state index in [1.54, 1.807) is 30.3 Å². The third-order valence-corrected chi connectivity index (χ3v) is 7.11. The molecular formula is C33H29NO5. The molecule has 6 nitrogen and oxygen atoms in total. The summed E-state index contributed by atoms with van der Waals surface area (Å²) < 4.78 is 4.85. The Bertz CT molecular complexity index is 1640. The second-order valence-electron chi connectivity index (χ2n) is 10.6. The first-order valence-corrected chi connectivity index (χ1v) is 12.7. The number of nitrogens with zero attached hydrogens (tertiary/aromatic N) is 1. The molecule has 6 heteroatoms. The molecule has 5 rings (SSSR count). The van der Waals surface area contributed by atoms with Gasteiger partial charge in [-0.15, -0.1) is 0 Å². The molecule has 1 N–H and O–H groups in total. The van der Waals surface area contributed by atoms with Crippen LogP contribution in [0.3, 0.4) is 0 Å². The average Bonchev–Trinajstić information content (AvgIpc) is 3.21. The molecular weight excluding hydrogens is 490 g/mol. The van der Waals surface area contributed by atoms with Crippen LogP contribution in [0.2, 0.25) is 0 Å². The molecule has 0 aliphatic carbocycles. The summed E-state index contributed by atoms with van der Waals surface area (Å²) in [6, 6.07) is 26.3. The Labute approximate surface area is 227 Å². The zero-order chi connectivity index (χ0) is 27.9. The highest BCUT2D eigenvalue weighted by molar-refractivity contribution is 6.51. The summed E-state index contributed by atoms with van der Waals surface area (Å²) in [6.45, 7) is 6.31. The number of amides is 1. The number of benzene rings is 4. The lowest BCUT2D eigenvalue weighted by Crippen LogP contribution is -2.29. The van der Waals surface area contributed by atoms with Crippen LogP contribution in [0.5, 0.6) is 0 Å². The average molecular weight is 520 g/mol. The lowest BCUT2D eigenvalue weighted by molar-refractivity contribution is -0.132. The van der Waals surface area contributed by atoms with Gasteiger partial charge in [0.15, 0.2) is 0 Å². The number of fused-ring (bicyclic) bond motifs is 1. The van der Waals surface area contributed by atoms with E-state index in [9.17, 15) is 19.5 Å². The minimum atomic E-state index is -0.904. The van der Waals surface area contributed by atoms with Gasteiger partial charge in [0.25, 0.3) is 11.7 Å². The van der Waals surface area contributed by atoms with Crippen LogP contribution in [0.4, 0.5) is 5.69 Å². The summed E-state index contributed by atoms with van der Waals surface area (Å²) in [5.41, 5.74) is 2.67. The van der Waals surface area contributed by atoms with E-state index in [0.717, 1.165) is 16.3 Å². The SMILES string of the molecule is COC(=O)c1cccc(N2C(=O)C(=O)/C(=C(\O)c3ccc4ccccc4c3)C2c2ccc(C(C)(C)C)cc2)c1. The van der Waals surface area contributed by atoms with Crippen molar-refractivity contribution in [1.82, 2.24) is 0 Å². The summed E-state index contributed by atoms with van der Waals surface area (Å²) in [4.78, 5) is 40.7. The molecule has 4 aromatic rings. The Morgan fingerprint density at radius 2 is 1.51 bits per heavy atom. The summed E-state index contributed by atoms with van der Waals surface area (Å²) in [7, 11) is 1.28. The van der Waals surface area contributed by atoms with Gasteiger partial charge in [-0.1, -0.05) is 87.5 Å². The molecule has 0 saturated carbocycles. The fraction of sp³-hybridized carbons (Fsp3) is 0.182. The summed E-state index contributed by atoms with van der Waals surface area (Å²) in [5.74, 6) is -2.40. The van der Waals surface area contributed by atoms with E-state index < -0.39 is 23.7 Å². The number of esters is 1. The van der Waals surface area contributed by atoms with Gasteiger partial charge in [-0.2, -0.15) is 0 Å². The fourth-order valence-corrected chi connectivity index (χ4v) is 4.97. The number of Topliss-reactive ketones (excluding diaryl/α,β-unsaturated/α-hetero) is 1. The molecule has 1 heterocycles. The van der Waals surface area contributed by atoms with Crippen molar-refractivity contribution in [3.05, 3.63) is 119 Å². The predicted octanol–water partition coefficient (Wildman–Crippen LogP) is 6.55. The molecule has 0 bridgehead atoms. The van der Waals surface area contributed by atoms with Gasteiger partial charge in [-0.25, -0.2) is 4.79 Å². The second-order valence-corrected chi connectivity index (χ2v) is 10.6. The summed E-state index contributed by atoms with van der Waals surface area (Å²) >= 11 is 0. The Kier molecular flexibility index (Phi) is 6.56. The van der Waals surface area contributed by atoms with Crippen molar-refractivity contribution in [2.24, 2.45) is 0 Å². The molecule has 4 aromatic carbocycles. The van der Waals surface area contributed by atoms with Crippen molar-refractivity contribution in [2.75, 3.05) is 12.0 Å². The zero-order valence-electron chi connectivity index (χ0n) is 22.3. The van der Waals surface area contributed by atoms with Crippen molar-refractivity contribution in [3.63, 3.8) is 0 Å². The van der Waals surface area contributed by atoms with Gasteiger partial charge in [-0.3, -0.25) is 14.5 Å². The highest BCUT2D eigenvalue weighted by atomic mass is 16.5. The smallest absolute Gasteiger partial charge is 0.337 e. The number of aliphatic hydroxyl groups is 1. The number of carbonyl (C=O) groups is 3. The van der Waals surface area contributed by atoms with Crippen molar-refractivity contribution in [1.29, 1.82) is 0 Å². The number of hydrogen-bond donors (Lipinski definition) is 1. The van der Waals surface area contributed by atoms with E-state index in [4.69, 9.17) is 4.74 Å². The number of anilines is 1. The van der Waals surface area contributed by atoms with Crippen LogP contribution in [-0.2, 0) is 19.7 Å². The second kappa shape index (κ2) is 9.87. The first-order valence-electron chi connectivity index (χ1n) is 12.7. The number of rotatable bonds is 4. The van der Waals surface area contributed by atoms with Crippen molar-refractivity contribution in [3.8, 4) is 0 Å². The highest BCUT2D eigenvalue weighted by Gasteiger charge is 2.47. The minimum Gasteiger partial charge on any atom is -0.507 e. The van der Waals surface area contributed by atoms with Gasteiger partial charge in [-0.05, 0) is 51.6 Å². The number of hydrogen-bond acceptors (Lipinski definition) is 5. The van der Waals surface area contributed by atoms with E-state index in [2.05, 4.69) is 20.8 Å². The van der Waals surface area contributed by atoms with E-state index in [1.165, 1.54) is 18.1 Å². The monoisotopic (exact) mass is 519 g/mol. The van der Waals surface area contributed by atoms with Crippen molar-refractivity contribution in [2.45, 2.75) is 32.2 Å². The molecule has 1 amide bonds.